The first-order chi connectivity index (χ1) is 8.81. The number of hydrogen-bond acceptors (Lipinski definition) is 4. The largest absolute Gasteiger partial charge is 0.468 e. The number of rotatable bonds is 4. The van der Waals surface area contributed by atoms with Crippen LogP contribution < -0.4 is 0 Å². The van der Waals surface area contributed by atoms with Crippen LogP contribution in [-0.4, -0.2) is 50.3 Å². The van der Waals surface area contributed by atoms with Crippen LogP contribution in [0.15, 0.2) is 30.3 Å². The van der Waals surface area contributed by atoms with Gasteiger partial charge in [-0.15, -0.1) is 0 Å². The minimum atomic E-state index is -0.207. The molecule has 1 fully saturated rings. The molecule has 1 heterocycles. The molecule has 1 aliphatic heterocycles. The Bertz CT molecular complexity index is 374. The van der Waals surface area contributed by atoms with Gasteiger partial charge < -0.3 is 9.47 Å². The van der Waals surface area contributed by atoms with Crippen molar-refractivity contribution in [1.82, 2.24) is 4.90 Å². The van der Waals surface area contributed by atoms with Crippen LogP contribution in [0.4, 0.5) is 0 Å². The van der Waals surface area contributed by atoms with E-state index in [-0.39, 0.29) is 12.0 Å². The summed E-state index contributed by atoms with van der Waals surface area (Å²) in [7, 11) is 1.45. The summed E-state index contributed by atoms with van der Waals surface area (Å²) < 4.78 is 10.2. The number of esters is 1. The summed E-state index contributed by atoms with van der Waals surface area (Å²) in [5.74, 6) is -0.166. The SMILES string of the molecule is COC(=O)[C@@H](Cc1ccccc1)N1CCOCC1. The number of hydrogen-bond donors (Lipinski definition) is 0. The Morgan fingerprint density at radius 3 is 2.61 bits per heavy atom. The van der Waals surface area contributed by atoms with Crippen molar-refractivity contribution < 1.29 is 14.3 Å². The van der Waals surface area contributed by atoms with Gasteiger partial charge in [0.25, 0.3) is 0 Å². The van der Waals surface area contributed by atoms with E-state index in [1.54, 1.807) is 0 Å². The highest BCUT2D eigenvalue weighted by Crippen LogP contribution is 2.12. The van der Waals surface area contributed by atoms with E-state index < -0.39 is 0 Å². The van der Waals surface area contributed by atoms with Crippen LogP contribution in [0.2, 0.25) is 0 Å². The summed E-state index contributed by atoms with van der Waals surface area (Å²) in [4.78, 5) is 14.1. The number of benzene rings is 1. The molecule has 1 saturated heterocycles. The van der Waals surface area contributed by atoms with Crippen LogP contribution >= 0.6 is 0 Å². The lowest BCUT2D eigenvalue weighted by Crippen LogP contribution is -2.48. The molecule has 0 N–H and O–H groups in total. The molecule has 0 unspecified atom stereocenters. The van der Waals surface area contributed by atoms with Crippen LogP contribution in [0.3, 0.4) is 0 Å². The summed E-state index contributed by atoms with van der Waals surface area (Å²) in [6.07, 6.45) is 0.688. The molecule has 0 aromatic heterocycles. The fourth-order valence-corrected chi connectivity index (χ4v) is 2.22. The van der Waals surface area contributed by atoms with Gasteiger partial charge in [0, 0.05) is 13.1 Å². The zero-order valence-electron chi connectivity index (χ0n) is 10.7. The van der Waals surface area contributed by atoms with Crippen LogP contribution in [0.25, 0.3) is 0 Å². The van der Waals surface area contributed by atoms with E-state index in [0.29, 0.717) is 19.6 Å². The van der Waals surface area contributed by atoms with Crippen LogP contribution in [0.5, 0.6) is 0 Å². The summed E-state index contributed by atoms with van der Waals surface area (Å²) in [5.41, 5.74) is 1.15. The van der Waals surface area contributed by atoms with Gasteiger partial charge in [-0.25, -0.2) is 0 Å². The predicted octanol–water partition coefficient (Wildman–Crippen LogP) is 1.10. The molecular weight excluding hydrogens is 230 g/mol. The van der Waals surface area contributed by atoms with Crippen molar-refractivity contribution in [2.45, 2.75) is 12.5 Å². The van der Waals surface area contributed by atoms with Crippen molar-refractivity contribution in [3.8, 4) is 0 Å². The fourth-order valence-electron chi connectivity index (χ4n) is 2.22. The second kappa shape index (κ2) is 6.52. The Labute approximate surface area is 107 Å². The molecule has 0 radical (unpaired) electrons. The molecule has 1 atom stereocenters. The maximum Gasteiger partial charge on any atom is 0.323 e. The third kappa shape index (κ3) is 3.31. The van der Waals surface area contributed by atoms with Crippen molar-refractivity contribution in [3.05, 3.63) is 35.9 Å². The normalized spacial score (nSPS) is 18.3. The summed E-state index contributed by atoms with van der Waals surface area (Å²) in [6.45, 7) is 2.93. The fraction of sp³-hybridized carbons (Fsp3) is 0.500. The lowest BCUT2D eigenvalue weighted by Gasteiger charge is -2.32. The summed E-state index contributed by atoms with van der Waals surface area (Å²) in [6, 6.07) is 9.82. The maximum absolute atomic E-state index is 11.9. The highest BCUT2D eigenvalue weighted by molar-refractivity contribution is 5.76. The van der Waals surface area contributed by atoms with Crippen molar-refractivity contribution in [3.63, 3.8) is 0 Å². The van der Waals surface area contributed by atoms with Gasteiger partial charge in [-0.3, -0.25) is 9.69 Å². The summed E-state index contributed by atoms with van der Waals surface area (Å²) in [5, 5.41) is 0. The van der Waals surface area contributed by atoms with E-state index in [1.165, 1.54) is 7.11 Å². The Kier molecular flexibility index (Phi) is 4.73. The molecule has 1 aromatic rings. The maximum atomic E-state index is 11.9. The molecule has 0 amide bonds. The van der Waals surface area contributed by atoms with Crippen molar-refractivity contribution in [1.29, 1.82) is 0 Å². The van der Waals surface area contributed by atoms with Crippen molar-refractivity contribution in [2.75, 3.05) is 33.4 Å². The summed E-state index contributed by atoms with van der Waals surface area (Å²) >= 11 is 0. The minimum Gasteiger partial charge on any atom is -0.468 e. The molecule has 98 valence electrons. The smallest absolute Gasteiger partial charge is 0.323 e. The van der Waals surface area contributed by atoms with Gasteiger partial charge in [-0.05, 0) is 12.0 Å². The monoisotopic (exact) mass is 249 g/mol. The van der Waals surface area contributed by atoms with E-state index in [4.69, 9.17) is 9.47 Å². The number of morpholine rings is 1. The Hall–Kier alpha value is -1.39. The topological polar surface area (TPSA) is 38.8 Å². The molecule has 0 saturated carbocycles. The molecule has 0 aliphatic carbocycles. The van der Waals surface area contributed by atoms with Crippen molar-refractivity contribution >= 4 is 5.97 Å². The van der Waals surface area contributed by atoms with E-state index in [0.717, 1.165) is 18.7 Å². The average Bonchev–Trinajstić information content (AvgIpc) is 2.46. The molecule has 4 heteroatoms. The first-order valence-corrected chi connectivity index (χ1v) is 6.25. The van der Waals surface area contributed by atoms with Crippen LogP contribution in [0, 0.1) is 0 Å². The van der Waals surface area contributed by atoms with Gasteiger partial charge in [0.05, 0.1) is 20.3 Å². The first-order valence-electron chi connectivity index (χ1n) is 6.25. The quantitative estimate of drug-likeness (QED) is 0.749. The predicted molar refractivity (Wildman–Crippen MR) is 68.3 cm³/mol. The van der Waals surface area contributed by atoms with Crippen LogP contribution in [0.1, 0.15) is 5.56 Å². The Balaban J connectivity index is 2.07. The third-order valence-corrected chi connectivity index (χ3v) is 3.23. The number of carbonyl (C=O) groups is 1. The number of methoxy groups -OCH3 is 1. The standard InChI is InChI=1S/C14H19NO3/c1-17-14(16)13(15-7-9-18-10-8-15)11-12-5-3-2-4-6-12/h2-6,13H,7-11H2,1H3/t13-/m1/s1. The molecule has 1 aliphatic rings. The number of nitrogens with zero attached hydrogens (tertiary/aromatic N) is 1. The van der Waals surface area contributed by atoms with Crippen LogP contribution in [-0.2, 0) is 20.7 Å². The van der Waals surface area contributed by atoms with Gasteiger partial charge in [0.1, 0.15) is 6.04 Å². The lowest BCUT2D eigenvalue weighted by molar-refractivity contribution is -0.148. The Morgan fingerprint density at radius 2 is 2.00 bits per heavy atom. The molecule has 1 aromatic carbocycles. The number of carbonyl (C=O) groups excluding carboxylic acids is 1. The number of ether oxygens (including phenoxy) is 2. The van der Waals surface area contributed by atoms with Gasteiger partial charge in [-0.2, -0.15) is 0 Å². The van der Waals surface area contributed by atoms with Gasteiger partial charge in [-0.1, -0.05) is 30.3 Å². The molecular formula is C14H19NO3. The van der Waals surface area contributed by atoms with Crippen molar-refractivity contribution in [2.24, 2.45) is 0 Å². The highest BCUT2D eigenvalue weighted by Gasteiger charge is 2.28. The highest BCUT2D eigenvalue weighted by atomic mass is 16.5. The molecule has 0 spiro atoms. The molecule has 2 rings (SSSR count). The molecule has 18 heavy (non-hydrogen) atoms. The molecule has 0 bridgehead atoms. The van der Waals surface area contributed by atoms with E-state index in [2.05, 4.69) is 4.90 Å². The first kappa shape index (κ1) is 13.1. The van der Waals surface area contributed by atoms with E-state index in [9.17, 15) is 4.79 Å². The molecule has 4 nitrogen and oxygen atoms in total. The van der Waals surface area contributed by atoms with Gasteiger partial charge in [0.2, 0.25) is 0 Å². The lowest BCUT2D eigenvalue weighted by atomic mass is 10.0. The average molecular weight is 249 g/mol. The zero-order valence-corrected chi connectivity index (χ0v) is 10.7. The van der Waals surface area contributed by atoms with E-state index >= 15 is 0 Å². The Morgan fingerprint density at radius 1 is 1.33 bits per heavy atom. The third-order valence-electron chi connectivity index (χ3n) is 3.23. The van der Waals surface area contributed by atoms with E-state index in [1.807, 2.05) is 30.3 Å². The zero-order chi connectivity index (χ0) is 12.8. The van der Waals surface area contributed by atoms with Gasteiger partial charge >= 0.3 is 5.97 Å². The second-order valence-electron chi connectivity index (χ2n) is 4.38. The van der Waals surface area contributed by atoms with Gasteiger partial charge in [0.15, 0.2) is 0 Å². The second-order valence-corrected chi connectivity index (χ2v) is 4.38. The minimum absolute atomic E-state index is 0.166.